The van der Waals surface area contributed by atoms with Crippen LogP contribution in [0.4, 0.5) is 5.69 Å². The van der Waals surface area contributed by atoms with Gasteiger partial charge in [0.25, 0.3) is 5.91 Å². The number of aliphatic hydroxyl groups is 3. The van der Waals surface area contributed by atoms with E-state index in [0.29, 0.717) is 43.0 Å². The smallest absolute Gasteiger partial charge is 0.255 e. The number of allylic oxidation sites excluding steroid dienone is 1. The van der Waals surface area contributed by atoms with Gasteiger partial charge in [0.05, 0.1) is 17.2 Å². The number of carbonyl (C=O) groups excluding carboxylic acids is 3. The molecular formula is C25H31N3O7. The number of aromatic hydroxyl groups is 1. The number of amides is 1. The van der Waals surface area contributed by atoms with E-state index in [1.54, 1.807) is 44.1 Å². The molecule has 0 fully saturated rings. The third-order valence-corrected chi connectivity index (χ3v) is 5.92. The number of Topliss-reactive ketones (excluding diaryl/α,β-unsaturated/α-hetero) is 1. The van der Waals surface area contributed by atoms with Crippen LogP contribution in [-0.2, 0) is 16.0 Å². The number of anilines is 1. The molecule has 6 N–H and O–H groups in total. The predicted octanol–water partition coefficient (Wildman–Crippen LogP) is 0.948. The van der Waals surface area contributed by atoms with Gasteiger partial charge < -0.3 is 31.1 Å². The number of fused-ring (bicyclic) bond motifs is 1. The van der Waals surface area contributed by atoms with Crippen molar-refractivity contribution in [2.75, 3.05) is 33.1 Å². The van der Waals surface area contributed by atoms with Crippen molar-refractivity contribution >= 4 is 23.2 Å². The van der Waals surface area contributed by atoms with Gasteiger partial charge in [-0.05, 0) is 45.0 Å². The largest absolute Gasteiger partial charge is 0.510 e. The van der Waals surface area contributed by atoms with Crippen molar-refractivity contribution in [2.45, 2.75) is 37.8 Å². The highest BCUT2D eigenvalue weighted by molar-refractivity contribution is 6.21. The van der Waals surface area contributed by atoms with Gasteiger partial charge in [-0.3, -0.25) is 19.3 Å². The number of phenolic OH excluding ortho intramolecular Hbond substituents is 1. The molecule has 0 heterocycles. The van der Waals surface area contributed by atoms with Gasteiger partial charge in [0.15, 0.2) is 11.9 Å². The third kappa shape index (κ3) is 5.65. The molecule has 10 nitrogen and oxygen atoms in total. The van der Waals surface area contributed by atoms with Gasteiger partial charge >= 0.3 is 0 Å². The number of hydrogen-bond acceptors (Lipinski definition) is 9. The fourth-order valence-corrected chi connectivity index (χ4v) is 4.10. The molecule has 0 aliphatic heterocycles. The van der Waals surface area contributed by atoms with Crippen molar-refractivity contribution in [1.29, 1.82) is 0 Å². The van der Waals surface area contributed by atoms with Gasteiger partial charge in [-0.2, -0.15) is 0 Å². The molecule has 0 spiro atoms. The van der Waals surface area contributed by atoms with Crippen LogP contribution in [0.1, 0.15) is 40.7 Å². The lowest BCUT2D eigenvalue weighted by molar-refractivity contribution is -0.126. The lowest BCUT2D eigenvalue weighted by Gasteiger charge is -2.26. The van der Waals surface area contributed by atoms with Gasteiger partial charge in [-0.15, -0.1) is 6.42 Å². The van der Waals surface area contributed by atoms with Crippen LogP contribution < -0.4 is 10.6 Å². The molecule has 1 aromatic rings. The second kappa shape index (κ2) is 11.1. The fourth-order valence-electron chi connectivity index (χ4n) is 4.10. The topological polar surface area (TPSA) is 165 Å². The van der Waals surface area contributed by atoms with Crippen molar-refractivity contribution in [3.8, 4) is 18.1 Å². The van der Waals surface area contributed by atoms with Crippen LogP contribution in [0.2, 0.25) is 0 Å². The first-order chi connectivity index (χ1) is 16.3. The summed E-state index contributed by atoms with van der Waals surface area (Å²) in [6.45, 7) is 0. The van der Waals surface area contributed by atoms with Gasteiger partial charge in [-0.25, -0.2) is 0 Å². The van der Waals surface area contributed by atoms with Gasteiger partial charge in [-0.1, -0.05) is 12.3 Å². The summed E-state index contributed by atoms with van der Waals surface area (Å²) >= 11 is 0. The first kappa shape index (κ1) is 27.4. The molecular weight excluding hydrogens is 454 g/mol. The molecule has 2 rings (SSSR count). The Morgan fingerprint density at radius 2 is 1.77 bits per heavy atom. The Labute approximate surface area is 204 Å². The SMILES string of the molecule is C#Cc1cc(N(C)C)c2c(c1O)C(=O)/C=C(\O)[C@H](O)C(=O)/C(C(N)=O)=C(/O)[C@@H](N(C)C)CCCC2. The van der Waals surface area contributed by atoms with E-state index < -0.39 is 52.5 Å². The van der Waals surface area contributed by atoms with Crippen LogP contribution in [0.3, 0.4) is 0 Å². The minimum Gasteiger partial charge on any atom is -0.510 e. The maximum Gasteiger partial charge on any atom is 0.255 e. The molecule has 0 unspecified atom stereocenters. The van der Waals surface area contributed by atoms with Crippen LogP contribution in [0.5, 0.6) is 5.75 Å². The minimum atomic E-state index is -2.36. The van der Waals surface area contributed by atoms with E-state index in [-0.39, 0.29) is 11.1 Å². The Hall–Kier alpha value is -3.81. The van der Waals surface area contributed by atoms with Crippen LogP contribution in [0.25, 0.3) is 0 Å². The number of nitrogens with zero attached hydrogens (tertiary/aromatic N) is 2. The Morgan fingerprint density at radius 1 is 1.14 bits per heavy atom. The van der Waals surface area contributed by atoms with E-state index in [4.69, 9.17) is 12.2 Å². The van der Waals surface area contributed by atoms with Crippen LogP contribution in [0.15, 0.2) is 29.2 Å². The second-order valence-corrected chi connectivity index (χ2v) is 8.73. The molecule has 1 aliphatic carbocycles. The summed E-state index contributed by atoms with van der Waals surface area (Å²) in [6.07, 6.45) is 5.36. The molecule has 35 heavy (non-hydrogen) atoms. The van der Waals surface area contributed by atoms with Crippen molar-refractivity contribution in [2.24, 2.45) is 5.73 Å². The first-order valence-electron chi connectivity index (χ1n) is 10.9. The van der Waals surface area contributed by atoms with E-state index >= 15 is 0 Å². The standard InChI is InChI=1S/C25H31N3O7/c1-6-13-11-16(28(4)5)14-9-7-8-10-15(27(2)3)22(32)20(25(26)35)24(34)23(33)18(30)12-17(29)19(14)21(13)31/h1,11-12,15,23,30-33H,7-10H2,2-5H3,(H2,26,35)/b18-12-,22-20-/t15-,23-/m0/s1. The summed E-state index contributed by atoms with van der Waals surface area (Å²) in [5.41, 5.74) is 5.39. The van der Waals surface area contributed by atoms with Crippen molar-refractivity contribution in [3.05, 3.63) is 45.9 Å². The summed E-state index contributed by atoms with van der Waals surface area (Å²) in [5.74, 6) is -3.41. The predicted molar refractivity (Wildman–Crippen MR) is 130 cm³/mol. The van der Waals surface area contributed by atoms with Crippen LogP contribution in [0, 0.1) is 12.3 Å². The molecule has 1 aromatic carbocycles. The van der Waals surface area contributed by atoms with Crippen molar-refractivity contribution in [1.82, 2.24) is 4.90 Å². The molecule has 0 saturated heterocycles. The van der Waals surface area contributed by atoms with E-state index in [1.165, 1.54) is 0 Å². The summed E-state index contributed by atoms with van der Waals surface area (Å²) in [4.78, 5) is 41.3. The number of terminal acetylenes is 1. The number of rotatable bonds is 3. The van der Waals surface area contributed by atoms with E-state index in [1.807, 2.05) is 0 Å². The Kier molecular flexibility index (Phi) is 8.68. The number of carbonyl (C=O) groups is 3. The average molecular weight is 486 g/mol. The van der Waals surface area contributed by atoms with E-state index in [0.717, 1.165) is 0 Å². The van der Waals surface area contributed by atoms with Crippen LogP contribution >= 0.6 is 0 Å². The maximum atomic E-state index is 13.2. The van der Waals surface area contributed by atoms with E-state index in [2.05, 4.69) is 5.92 Å². The van der Waals surface area contributed by atoms with E-state index in [9.17, 15) is 34.8 Å². The number of primary amides is 1. The fraction of sp³-hybridized carbons (Fsp3) is 0.400. The van der Waals surface area contributed by atoms with Crippen molar-refractivity contribution < 1.29 is 34.8 Å². The molecule has 0 radical (unpaired) electrons. The number of nitrogens with two attached hydrogens (primary N) is 1. The number of phenols is 1. The summed E-state index contributed by atoms with van der Waals surface area (Å²) in [7, 11) is 6.76. The Morgan fingerprint density at radius 3 is 2.29 bits per heavy atom. The molecule has 188 valence electrons. The molecule has 1 aliphatic rings. The molecule has 1 amide bonds. The normalized spacial score (nSPS) is 23.6. The molecule has 2 atom stereocenters. The zero-order valence-corrected chi connectivity index (χ0v) is 20.2. The number of hydrogen-bond donors (Lipinski definition) is 5. The van der Waals surface area contributed by atoms with Gasteiger partial charge in [0, 0.05) is 25.9 Å². The Bertz CT molecular complexity index is 1140. The molecule has 0 bridgehead atoms. The molecule has 0 saturated carbocycles. The number of likely N-dealkylation sites (N-methyl/N-ethyl adjacent to an activating group) is 1. The van der Waals surface area contributed by atoms with Crippen molar-refractivity contribution in [3.63, 3.8) is 0 Å². The molecule has 0 aromatic heterocycles. The second-order valence-electron chi connectivity index (χ2n) is 8.73. The number of aliphatic hydroxyl groups excluding tert-OH is 3. The monoisotopic (exact) mass is 485 g/mol. The Balaban J connectivity index is 2.80. The summed E-state index contributed by atoms with van der Waals surface area (Å²) in [6, 6.07) is 0.789. The zero-order chi connectivity index (χ0) is 26.6. The highest BCUT2D eigenvalue weighted by Gasteiger charge is 2.34. The number of benzene rings is 1. The quantitative estimate of drug-likeness (QED) is 0.310. The highest BCUT2D eigenvalue weighted by Crippen LogP contribution is 2.36. The van der Waals surface area contributed by atoms with Crippen LogP contribution in [-0.4, -0.2) is 83.1 Å². The lowest BCUT2D eigenvalue weighted by atomic mass is 9.90. The lowest BCUT2D eigenvalue weighted by Crippen LogP contribution is -2.37. The first-order valence-corrected chi connectivity index (χ1v) is 10.9. The zero-order valence-electron chi connectivity index (χ0n) is 20.2. The average Bonchev–Trinajstić information content (AvgIpc) is 2.76. The van der Waals surface area contributed by atoms with Gasteiger partial charge in [0.1, 0.15) is 22.8 Å². The highest BCUT2D eigenvalue weighted by atomic mass is 16.3. The minimum absolute atomic E-state index is 0.0583. The molecule has 10 heteroatoms. The number of ketones is 2. The maximum absolute atomic E-state index is 13.2. The third-order valence-electron chi connectivity index (χ3n) is 5.92. The summed E-state index contributed by atoms with van der Waals surface area (Å²) < 4.78 is 0. The summed E-state index contributed by atoms with van der Waals surface area (Å²) in [5, 5.41) is 42.3. The van der Waals surface area contributed by atoms with Gasteiger partial charge in [0.2, 0.25) is 5.78 Å².